The first kappa shape index (κ1) is 14.0. The second kappa shape index (κ2) is 6.05. The van der Waals surface area contributed by atoms with Crippen molar-refractivity contribution in [2.45, 2.75) is 18.6 Å². The van der Waals surface area contributed by atoms with Gasteiger partial charge in [0.15, 0.2) is 5.79 Å². The highest BCUT2D eigenvalue weighted by molar-refractivity contribution is 5.23. The smallest absolute Gasteiger partial charge is 0.197 e. The molecule has 0 aromatic heterocycles. The Bertz CT molecular complexity index is 368. The van der Waals surface area contributed by atoms with Crippen LogP contribution < -0.4 is 5.73 Å². The Morgan fingerprint density at radius 2 is 1.88 bits per heavy atom. The van der Waals surface area contributed by atoms with E-state index in [1.165, 1.54) is 14.2 Å². The Kier molecular flexibility index (Phi) is 4.99. The zero-order valence-electron chi connectivity index (χ0n) is 10.0. The van der Waals surface area contributed by atoms with Gasteiger partial charge in [-0.05, 0) is 31.2 Å². The van der Waals surface area contributed by atoms with E-state index in [0.717, 1.165) is 18.2 Å². The first-order valence-corrected chi connectivity index (χ1v) is 5.35. The van der Waals surface area contributed by atoms with Crippen LogP contribution in [0.2, 0.25) is 0 Å². The lowest BCUT2D eigenvalue weighted by Gasteiger charge is -2.31. The molecular weight excluding hydrogens is 228 g/mol. The topological polar surface area (TPSA) is 44.5 Å². The number of methoxy groups -OCH3 is 2. The molecule has 3 nitrogen and oxygen atoms in total. The van der Waals surface area contributed by atoms with Crippen LogP contribution in [0.5, 0.6) is 0 Å². The first-order valence-electron chi connectivity index (χ1n) is 5.35. The predicted molar refractivity (Wildman–Crippen MR) is 60.3 cm³/mol. The molecule has 0 aliphatic heterocycles. The summed E-state index contributed by atoms with van der Waals surface area (Å²) >= 11 is 0. The van der Waals surface area contributed by atoms with Crippen molar-refractivity contribution in [3.8, 4) is 0 Å². The van der Waals surface area contributed by atoms with Gasteiger partial charge in [0.1, 0.15) is 11.6 Å². The van der Waals surface area contributed by atoms with Crippen molar-refractivity contribution < 1.29 is 18.3 Å². The molecule has 2 N–H and O–H groups in total. The third-order valence-electron chi connectivity index (χ3n) is 2.71. The maximum absolute atomic E-state index is 13.7. The number of rotatable bonds is 6. The predicted octanol–water partition coefficient (Wildman–Crippen LogP) is 2.15. The van der Waals surface area contributed by atoms with E-state index < -0.39 is 17.4 Å². The maximum atomic E-state index is 13.7. The molecular formula is C12H17F2NO2. The third-order valence-corrected chi connectivity index (χ3v) is 2.71. The number of nitrogens with two attached hydrogens (primary N) is 1. The Balaban J connectivity index is 3.15. The maximum Gasteiger partial charge on any atom is 0.197 e. The first-order chi connectivity index (χ1) is 8.09. The number of ether oxygens (including phenoxy) is 2. The van der Waals surface area contributed by atoms with Crippen molar-refractivity contribution in [2.75, 3.05) is 20.8 Å². The summed E-state index contributed by atoms with van der Waals surface area (Å²) in [5.41, 5.74) is 5.46. The average Bonchev–Trinajstić information content (AvgIpc) is 2.35. The molecule has 0 atom stereocenters. The fourth-order valence-corrected chi connectivity index (χ4v) is 1.77. The quantitative estimate of drug-likeness (QED) is 0.781. The van der Waals surface area contributed by atoms with E-state index in [-0.39, 0.29) is 5.56 Å². The Morgan fingerprint density at radius 1 is 1.24 bits per heavy atom. The summed E-state index contributed by atoms with van der Waals surface area (Å²) in [6.45, 7) is 0.422. The monoisotopic (exact) mass is 245 g/mol. The van der Waals surface area contributed by atoms with E-state index in [1.54, 1.807) is 0 Å². The zero-order valence-corrected chi connectivity index (χ0v) is 10.0. The van der Waals surface area contributed by atoms with Gasteiger partial charge in [-0.3, -0.25) is 0 Å². The van der Waals surface area contributed by atoms with Gasteiger partial charge in [0.25, 0.3) is 0 Å². The Labute approximate surface area is 99.5 Å². The van der Waals surface area contributed by atoms with E-state index in [9.17, 15) is 8.78 Å². The molecule has 1 aromatic carbocycles. The molecule has 96 valence electrons. The summed E-state index contributed by atoms with van der Waals surface area (Å²) in [4.78, 5) is 0. The minimum Gasteiger partial charge on any atom is -0.349 e. The zero-order chi connectivity index (χ0) is 12.9. The van der Waals surface area contributed by atoms with Crippen LogP contribution in [0.25, 0.3) is 0 Å². The lowest BCUT2D eigenvalue weighted by Crippen LogP contribution is -2.32. The summed E-state index contributed by atoms with van der Waals surface area (Å²) < 4.78 is 37.3. The van der Waals surface area contributed by atoms with E-state index in [0.29, 0.717) is 19.4 Å². The Hall–Kier alpha value is -1.04. The number of halogens is 2. The second-order valence-corrected chi connectivity index (χ2v) is 3.68. The molecule has 0 radical (unpaired) electrons. The molecule has 0 aliphatic rings. The minimum absolute atomic E-state index is 0.0518. The van der Waals surface area contributed by atoms with Crippen LogP contribution in [0.3, 0.4) is 0 Å². The molecule has 0 saturated heterocycles. The molecule has 0 bridgehead atoms. The van der Waals surface area contributed by atoms with Crippen molar-refractivity contribution in [2.24, 2.45) is 5.73 Å². The van der Waals surface area contributed by atoms with E-state index in [2.05, 4.69) is 0 Å². The fraction of sp³-hybridized carbons (Fsp3) is 0.500. The van der Waals surface area contributed by atoms with Crippen LogP contribution in [-0.4, -0.2) is 20.8 Å². The highest BCUT2D eigenvalue weighted by atomic mass is 19.1. The van der Waals surface area contributed by atoms with Crippen LogP contribution in [0.4, 0.5) is 8.78 Å². The summed E-state index contributed by atoms with van der Waals surface area (Å²) in [5.74, 6) is -2.38. The summed E-state index contributed by atoms with van der Waals surface area (Å²) in [6.07, 6.45) is 0.939. The van der Waals surface area contributed by atoms with Crippen molar-refractivity contribution in [3.63, 3.8) is 0 Å². The summed E-state index contributed by atoms with van der Waals surface area (Å²) in [7, 11) is 2.79. The molecule has 1 aromatic rings. The fourth-order valence-electron chi connectivity index (χ4n) is 1.77. The lowest BCUT2D eigenvalue weighted by molar-refractivity contribution is -0.222. The van der Waals surface area contributed by atoms with Crippen molar-refractivity contribution in [3.05, 3.63) is 35.4 Å². The van der Waals surface area contributed by atoms with E-state index >= 15 is 0 Å². The molecule has 0 unspecified atom stereocenters. The van der Waals surface area contributed by atoms with Crippen molar-refractivity contribution in [1.29, 1.82) is 0 Å². The molecule has 1 rings (SSSR count). The van der Waals surface area contributed by atoms with Gasteiger partial charge in [0.05, 0.1) is 0 Å². The SMILES string of the molecule is COC(CCCN)(OC)c1cc(F)ccc1F. The van der Waals surface area contributed by atoms with E-state index in [1.807, 2.05) is 0 Å². The number of benzene rings is 1. The molecule has 0 heterocycles. The third kappa shape index (κ3) is 3.00. The molecule has 0 spiro atoms. The van der Waals surface area contributed by atoms with E-state index in [4.69, 9.17) is 15.2 Å². The number of hydrogen-bond acceptors (Lipinski definition) is 3. The highest BCUT2D eigenvalue weighted by Gasteiger charge is 2.34. The van der Waals surface area contributed by atoms with Crippen LogP contribution in [-0.2, 0) is 15.3 Å². The minimum atomic E-state index is -1.29. The highest BCUT2D eigenvalue weighted by Crippen LogP contribution is 2.33. The van der Waals surface area contributed by atoms with Gasteiger partial charge >= 0.3 is 0 Å². The van der Waals surface area contributed by atoms with Gasteiger partial charge in [0, 0.05) is 26.2 Å². The normalized spacial score (nSPS) is 11.8. The van der Waals surface area contributed by atoms with Gasteiger partial charge in [-0.2, -0.15) is 0 Å². The molecule has 0 amide bonds. The molecule has 17 heavy (non-hydrogen) atoms. The molecule has 0 saturated carbocycles. The van der Waals surface area contributed by atoms with Gasteiger partial charge in [-0.15, -0.1) is 0 Å². The van der Waals surface area contributed by atoms with Crippen LogP contribution in [0, 0.1) is 11.6 Å². The lowest BCUT2D eigenvalue weighted by atomic mass is 9.99. The van der Waals surface area contributed by atoms with Gasteiger partial charge < -0.3 is 15.2 Å². The molecule has 5 heteroatoms. The average molecular weight is 245 g/mol. The van der Waals surface area contributed by atoms with Crippen LogP contribution >= 0.6 is 0 Å². The summed E-state index contributed by atoms with van der Waals surface area (Å²) in [5, 5.41) is 0. The van der Waals surface area contributed by atoms with Crippen LogP contribution in [0.1, 0.15) is 18.4 Å². The molecule has 0 fully saturated rings. The van der Waals surface area contributed by atoms with Crippen molar-refractivity contribution in [1.82, 2.24) is 0 Å². The Morgan fingerprint density at radius 3 is 2.41 bits per heavy atom. The summed E-state index contributed by atoms with van der Waals surface area (Å²) in [6, 6.07) is 3.19. The second-order valence-electron chi connectivity index (χ2n) is 3.68. The van der Waals surface area contributed by atoms with Crippen molar-refractivity contribution >= 4 is 0 Å². The standard InChI is InChI=1S/C12H17F2NO2/c1-16-12(17-2,6-3-7-15)10-8-9(13)4-5-11(10)14/h4-5,8H,3,6-7,15H2,1-2H3. The van der Waals surface area contributed by atoms with Gasteiger partial charge in [-0.25, -0.2) is 8.78 Å². The largest absolute Gasteiger partial charge is 0.349 e. The number of hydrogen-bond donors (Lipinski definition) is 1. The van der Waals surface area contributed by atoms with Gasteiger partial charge in [-0.1, -0.05) is 0 Å². The molecule has 0 aliphatic carbocycles. The van der Waals surface area contributed by atoms with Crippen LogP contribution in [0.15, 0.2) is 18.2 Å². The van der Waals surface area contributed by atoms with Gasteiger partial charge in [0.2, 0.25) is 0 Å².